The highest BCUT2D eigenvalue weighted by molar-refractivity contribution is 5.91. The van der Waals surface area contributed by atoms with Gasteiger partial charge in [0.05, 0.1) is 18.8 Å². The molecule has 2 heterocycles. The van der Waals surface area contributed by atoms with E-state index in [1.54, 1.807) is 17.0 Å². The first-order valence-corrected chi connectivity index (χ1v) is 8.21. The van der Waals surface area contributed by atoms with E-state index in [2.05, 4.69) is 6.92 Å². The highest BCUT2D eigenvalue weighted by Crippen LogP contribution is 2.20. The van der Waals surface area contributed by atoms with Crippen LogP contribution in [0.25, 0.3) is 0 Å². The molecule has 1 fully saturated rings. The fourth-order valence-electron chi connectivity index (χ4n) is 2.69. The van der Waals surface area contributed by atoms with Crippen LogP contribution in [0.5, 0.6) is 0 Å². The van der Waals surface area contributed by atoms with Gasteiger partial charge in [-0.2, -0.15) is 0 Å². The molecule has 5 nitrogen and oxygen atoms in total. The normalized spacial score (nSPS) is 15.8. The summed E-state index contributed by atoms with van der Waals surface area (Å²) in [5.74, 6) is 0.0711. The molecule has 0 radical (unpaired) electrons. The van der Waals surface area contributed by atoms with Crippen LogP contribution in [-0.4, -0.2) is 36.5 Å². The van der Waals surface area contributed by atoms with Crippen LogP contribution in [0.1, 0.15) is 56.0 Å². The smallest absolute Gasteiger partial charge is 0.309 e. The Hall–Kier alpha value is -1.78. The molecule has 0 N–H and O–H groups in total. The second-order valence-electron chi connectivity index (χ2n) is 5.77. The highest BCUT2D eigenvalue weighted by Gasteiger charge is 2.29. The Bertz CT molecular complexity index is 461. The van der Waals surface area contributed by atoms with E-state index in [0.29, 0.717) is 38.3 Å². The van der Waals surface area contributed by atoms with E-state index >= 15 is 0 Å². The van der Waals surface area contributed by atoms with E-state index in [-0.39, 0.29) is 17.8 Å². The molecule has 22 heavy (non-hydrogen) atoms. The predicted molar refractivity (Wildman–Crippen MR) is 82.4 cm³/mol. The number of likely N-dealkylation sites (tertiary alicyclic amines) is 1. The van der Waals surface area contributed by atoms with Crippen molar-refractivity contribution >= 4 is 11.9 Å². The summed E-state index contributed by atoms with van der Waals surface area (Å²) in [5, 5.41) is 0. The summed E-state index contributed by atoms with van der Waals surface area (Å²) in [4.78, 5) is 25.9. The number of esters is 1. The minimum absolute atomic E-state index is 0.0770. The van der Waals surface area contributed by atoms with Crippen LogP contribution < -0.4 is 0 Å². The maximum absolute atomic E-state index is 12.1. The van der Waals surface area contributed by atoms with Crippen molar-refractivity contribution < 1.29 is 18.7 Å². The second-order valence-corrected chi connectivity index (χ2v) is 5.77. The van der Waals surface area contributed by atoms with Crippen LogP contribution in [-0.2, 0) is 9.53 Å². The van der Waals surface area contributed by atoms with Crippen molar-refractivity contribution in [2.24, 2.45) is 5.92 Å². The third-order valence-corrected chi connectivity index (χ3v) is 4.09. The molecular weight excluding hydrogens is 282 g/mol. The van der Waals surface area contributed by atoms with Gasteiger partial charge in [0.1, 0.15) is 0 Å². The number of nitrogens with zero attached hydrogens (tertiary/aromatic N) is 1. The Kier molecular flexibility index (Phi) is 6.49. The van der Waals surface area contributed by atoms with Gasteiger partial charge >= 0.3 is 5.97 Å². The highest BCUT2D eigenvalue weighted by atomic mass is 16.5. The summed E-state index contributed by atoms with van der Waals surface area (Å²) in [6.07, 6.45) is 7.24. The lowest BCUT2D eigenvalue weighted by Crippen LogP contribution is -2.40. The largest absolute Gasteiger partial charge is 0.465 e. The Balaban J connectivity index is 1.68. The van der Waals surface area contributed by atoms with Gasteiger partial charge in [0.2, 0.25) is 0 Å². The minimum atomic E-state index is -0.110. The predicted octanol–water partition coefficient (Wildman–Crippen LogP) is 3.26. The van der Waals surface area contributed by atoms with Crippen LogP contribution in [0, 0.1) is 5.92 Å². The van der Waals surface area contributed by atoms with Crippen LogP contribution >= 0.6 is 0 Å². The maximum Gasteiger partial charge on any atom is 0.309 e. The van der Waals surface area contributed by atoms with Gasteiger partial charge in [-0.3, -0.25) is 9.59 Å². The molecule has 0 unspecified atom stereocenters. The molecule has 1 aromatic rings. The number of hydrogen-bond donors (Lipinski definition) is 0. The van der Waals surface area contributed by atoms with Gasteiger partial charge in [-0.25, -0.2) is 0 Å². The van der Waals surface area contributed by atoms with Gasteiger partial charge in [-0.1, -0.05) is 26.2 Å². The van der Waals surface area contributed by atoms with Crippen LogP contribution in [0.4, 0.5) is 0 Å². The molecule has 5 heteroatoms. The first-order valence-electron chi connectivity index (χ1n) is 8.21. The standard InChI is InChI=1S/C17H25NO4/c1-2-3-4-5-12-22-17(20)14-8-10-18(11-9-14)16(19)15-7-6-13-21-15/h6-7,13-14H,2-5,8-12H2,1H3. The lowest BCUT2D eigenvalue weighted by atomic mass is 9.97. The summed E-state index contributed by atoms with van der Waals surface area (Å²) in [5.41, 5.74) is 0. The van der Waals surface area contributed by atoms with Gasteiger partial charge in [0.15, 0.2) is 5.76 Å². The quantitative estimate of drug-likeness (QED) is 0.573. The molecule has 122 valence electrons. The molecule has 1 aromatic heterocycles. The third kappa shape index (κ3) is 4.61. The SMILES string of the molecule is CCCCCCOC(=O)C1CCN(C(=O)c2ccco2)CC1. The average Bonchev–Trinajstić information content (AvgIpc) is 3.08. The molecule has 1 aliphatic rings. The molecule has 2 rings (SSSR count). The number of ether oxygens (including phenoxy) is 1. The van der Waals surface area contributed by atoms with Gasteiger partial charge < -0.3 is 14.1 Å². The van der Waals surface area contributed by atoms with Gasteiger partial charge in [-0.05, 0) is 31.4 Å². The van der Waals surface area contributed by atoms with Crippen molar-refractivity contribution in [2.45, 2.75) is 45.4 Å². The average molecular weight is 307 g/mol. The second kappa shape index (κ2) is 8.61. The van der Waals surface area contributed by atoms with Gasteiger partial charge in [-0.15, -0.1) is 0 Å². The number of piperidine rings is 1. The number of amides is 1. The molecule has 0 aliphatic carbocycles. The lowest BCUT2D eigenvalue weighted by molar-refractivity contribution is -0.150. The zero-order valence-electron chi connectivity index (χ0n) is 13.3. The molecule has 0 aromatic carbocycles. The van der Waals surface area contributed by atoms with Crippen LogP contribution in [0.3, 0.4) is 0 Å². The maximum atomic E-state index is 12.1. The third-order valence-electron chi connectivity index (χ3n) is 4.09. The number of hydrogen-bond acceptors (Lipinski definition) is 4. The summed E-state index contributed by atoms with van der Waals surface area (Å²) in [6.45, 7) is 3.83. The number of furan rings is 1. The van der Waals surface area contributed by atoms with E-state index < -0.39 is 0 Å². The Labute approximate surface area is 131 Å². The van der Waals surface area contributed by atoms with E-state index in [0.717, 1.165) is 12.8 Å². The first kappa shape index (κ1) is 16.6. The Morgan fingerprint density at radius 2 is 2.05 bits per heavy atom. The van der Waals surface area contributed by atoms with Gasteiger partial charge in [0.25, 0.3) is 5.91 Å². The van der Waals surface area contributed by atoms with Crippen molar-refractivity contribution in [1.82, 2.24) is 4.90 Å². The van der Waals surface area contributed by atoms with E-state index in [1.165, 1.54) is 19.1 Å². The molecule has 0 atom stereocenters. The van der Waals surface area contributed by atoms with Crippen molar-refractivity contribution in [3.05, 3.63) is 24.2 Å². The number of carbonyl (C=O) groups excluding carboxylic acids is 2. The van der Waals surface area contributed by atoms with Gasteiger partial charge in [0, 0.05) is 13.1 Å². The van der Waals surface area contributed by atoms with Crippen molar-refractivity contribution in [2.75, 3.05) is 19.7 Å². The molecule has 0 bridgehead atoms. The topological polar surface area (TPSA) is 59.8 Å². The van der Waals surface area contributed by atoms with Crippen LogP contribution in [0.2, 0.25) is 0 Å². The Morgan fingerprint density at radius 3 is 2.68 bits per heavy atom. The van der Waals surface area contributed by atoms with E-state index in [9.17, 15) is 9.59 Å². The van der Waals surface area contributed by atoms with Crippen molar-refractivity contribution in [3.8, 4) is 0 Å². The monoisotopic (exact) mass is 307 g/mol. The molecule has 1 aliphatic heterocycles. The summed E-state index contributed by atoms with van der Waals surface area (Å²) in [6, 6.07) is 3.37. The number of carbonyl (C=O) groups is 2. The van der Waals surface area contributed by atoms with Crippen molar-refractivity contribution in [3.63, 3.8) is 0 Å². The number of unbranched alkanes of at least 4 members (excludes halogenated alkanes) is 3. The fraction of sp³-hybridized carbons (Fsp3) is 0.647. The molecule has 1 amide bonds. The van der Waals surface area contributed by atoms with E-state index in [4.69, 9.17) is 9.15 Å². The molecular formula is C17H25NO4. The number of rotatable bonds is 7. The summed E-state index contributed by atoms with van der Waals surface area (Å²) < 4.78 is 10.5. The Morgan fingerprint density at radius 1 is 1.27 bits per heavy atom. The molecule has 0 saturated carbocycles. The zero-order chi connectivity index (χ0) is 15.8. The van der Waals surface area contributed by atoms with Crippen molar-refractivity contribution in [1.29, 1.82) is 0 Å². The lowest BCUT2D eigenvalue weighted by Gasteiger charge is -2.30. The molecule has 0 spiro atoms. The van der Waals surface area contributed by atoms with Crippen LogP contribution in [0.15, 0.2) is 22.8 Å². The summed E-state index contributed by atoms with van der Waals surface area (Å²) >= 11 is 0. The zero-order valence-corrected chi connectivity index (χ0v) is 13.3. The summed E-state index contributed by atoms with van der Waals surface area (Å²) in [7, 11) is 0. The molecule has 1 saturated heterocycles. The first-order chi connectivity index (χ1) is 10.7. The minimum Gasteiger partial charge on any atom is -0.465 e. The fourth-order valence-corrected chi connectivity index (χ4v) is 2.69. The van der Waals surface area contributed by atoms with E-state index in [1.807, 2.05) is 0 Å².